The van der Waals surface area contributed by atoms with Crippen LogP contribution in [0.5, 0.6) is 0 Å². The van der Waals surface area contributed by atoms with Crippen molar-refractivity contribution in [1.29, 1.82) is 0 Å². The van der Waals surface area contributed by atoms with Crippen molar-refractivity contribution in [3.8, 4) is 11.1 Å². The summed E-state index contributed by atoms with van der Waals surface area (Å²) in [5.74, 6) is -0.131. The molecule has 0 spiro atoms. The Morgan fingerprint density at radius 3 is 2.87 bits per heavy atom. The van der Waals surface area contributed by atoms with Gasteiger partial charge in [-0.15, -0.1) is 0 Å². The van der Waals surface area contributed by atoms with Crippen LogP contribution in [-0.4, -0.2) is 38.5 Å². The van der Waals surface area contributed by atoms with Crippen molar-refractivity contribution in [2.24, 2.45) is 5.16 Å². The van der Waals surface area contributed by atoms with Crippen LogP contribution in [-0.2, 0) is 11.3 Å². The number of aliphatic hydroxyl groups excluding tert-OH is 1. The first-order valence-corrected chi connectivity index (χ1v) is 10.1. The first-order chi connectivity index (χ1) is 14.9. The summed E-state index contributed by atoms with van der Waals surface area (Å²) in [5, 5.41) is 13.8. The Balaban J connectivity index is 1.79. The molecule has 3 N–H and O–H groups in total. The highest BCUT2D eigenvalue weighted by Gasteiger charge is 2.30. The molecule has 0 fully saturated rings. The van der Waals surface area contributed by atoms with E-state index in [0.717, 1.165) is 33.6 Å². The normalized spacial score (nSPS) is 17.9. The number of nitrogens with two attached hydrogens (primary N) is 1. The van der Waals surface area contributed by atoms with Crippen molar-refractivity contribution in [1.82, 2.24) is 15.0 Å². The summed E-state index contributed by atoms with van der Waals surface area (Å²) < 4.78 is 14.1. The van der Waals surface area contributed by atoms with Crippen molar-refractivity contribution >= 4 is 11.7 Å². The Kier molecular flexibility index (Phi) is 5.90. The third-order valence-electron chi connectivity index (χ3n) is 5.27. The number of oxime groups is 1. The van der Waals surface area contributed by atoms with Crippen LogP contribution in [0.3, 0.4) is 0 Å². The van der Waals surface area contributed by atoms with Crippen LogP contribution in [0.15, 0.2) is 47.9 Å². The molecule has 2 aromatic heterocycles. The van der Waals surface area contributed by atoms with Gasteiger partial charge in [-0.1, -0.05) is 17.3 Å². The van der Waals surface area contributed by atoms with Gasteiger partial charge in [-0.2, -0.15) is 0 Å². The van der Waals surface area contributed by atoms with Gasteiger partial charge < -0.3 is 15.7 Å². The molecule has 0 saturated heterocycles. The number of aliphatic hydroxyl groups is 1. The van der Waals surface area contributed by atoms with E-state index in [1.54, 1.807) is 25.4 Å². The zero-order chi connectivity index (χ0) is 22.0. The third-order valence-corrected chi connectivity index (χ3v) is 5.27. The van der Waals surface area contributed by atoms with Crippen LogP contribution < -0.4 is 5.73 Å². The molecule has 1 aliphatic carbocycles. The van der Waals surface area contributed by atoms with Gasteiger partial charge in [-0.25, -0.2) is 14.4 Å². The molecule has 3 aromatic rings. The number of aryl methyl sites for hydroxylation is 1. The highest BCUT2D eigenvalue weighted by molar-refractivity contribution is 6.03. The second-order valence-corrected chi connectivity index (χ2v) is 7.75. The number of hydrogen-bond acceptors (Lipinski definition) is 7. The number of pyridine rings is 1. The van der Waals surface area contributed by atoms with Gasteiger partial charge >= 0.3 is 0 Å². The molecule has 2 heterocycles. The van der Waals surface area contributed by atoms with Crippen molar-refractivity contribution in [3.63, 3.8) is 0 Å². The maximum absolute atomic E-state index is 14.1. The van der Waals surface area contributed by atoms with E-state index in [4.69, 9.17) is 10.6 Å². The molecule has 7 nitrogen and oxygen atoms in total. The molecule has 1 unspecified atom stereocenters. The minimum Gasteiger partial charge on any atom is -0.393 e. The minimum atomic E-state index is -0.638. The van der Waals surface area contributed by atoms with E-state index < -0.39 is 6.10 Å². The minimum absolute atomic E-state index is 0.0223. The molecule has 1 aliphatic rings. The topological polar surface area (TPSA) is 107 Å². The first kappa shape index (κ1) is 20.9. The first-order valence-electron chi connectivity index (χ1n) is 10.1. The number of aromatic nitrogens is 3. The number of benzene rings is 1. The van der Waals surface area contributed by atoms with Gasteiger partial charge in [0.2, 0.25) is 5.95 Å². The van der Waals surface area contributed by atoms with Crippen LogP contribution in [0, 0.1) is 12.7 Å². The van der Waals surface area contributed by atoms with E-state index in [9.17, 15) is 9.50 Å². The Morgan fingerprint density at radius 2 is 2.13 bits per heavy atom. The summed E-state index contributed by atoms with van der Waals surface area (Å²) in [5.41, 5.74) is 11.5. The van der Waals surface area contributed by atoms with Crippen LogP contribution in [0.4, 0.5) is 10.3 Å². The molecule has 0 aliphatic heterocycles. The van der Waals surface area contributed by atoms with Crippen molar-refractivity contribution in [3.05, 3.63) is 71.1 Å². The molecule has 0 amide bonds. The van der Waals surface area contributed by atoms with E-state index >= 15 is 0 Å². The Bertz CT molecular complexity index is 1120. The number of nitrogen functional groups attached to an aromatic ring is 1. The predicted octanol–water partition coefficient (Wildman–Crippen LogP) is 3.40. The summed E-state index contributed by atoms with van der Waals surface area (Å²) in [6, 6.07) is 8.54. The standard InChI is InChI=1S/C23H24FN5O2/c1-13(30)12-31-29-21-9-16(8-20-22(21)14(2)27-23(25)28-20)18-6-5-17(24)10-19(18)15-4-3-7-26-11-15/h3-7,10-11,13,16,30H,8-9,12H2,1-2H3,(H2,25,27,28)/t13?,16-/m1/s1. The van der Waals surface area contributed by atoms with Crippen LogP contribution >= 0.6 is 0 Å². The lowest BCUT2D eigenvalue weighted by atomic mass is 9.78. The summed E-state index contributed by atoms with van der Waals surface area (Å²) in [4.78, 5) is 18.3. The fourth-order valence-electron chi connectivity index (χ4n) is 4.00. The van der Waals surface area contributed by atoms with Gasteiger partial charge in [-0.05, 0) is 55.5 Å². The monoisotopic (exact) mass is 421 g/mol. The Hall–Kier alpha value is -3.39. The lowest BCUT2D eigenvalue weighted by Crippen LogP contribution is -2.24. The van der Waals surface area contributed by atoms with Crippen LogP contribution in [0.2, 0.25) is 0 Å². The molecular weight excluding hydrogens is 397 g/mol. The number of nitrogens with zero attached hydrogens (tertiary/aromatic N) is 4. The summed E-state index contributed by atoms with van der Waals surface area (Å²) in [6.07, 6.45) is 3.93. The number of halogens is 1. The number of rotatable bonds is 5. The maximum Gasteiger partial charge on any atom is 0.220 e. The highest BCUT2D eigenvalue weighted by atomic mass is 19.1. The van der Waals surface area contributed by atoms with Gasteiger partial charge in [0.25, 0.3) is 0 Å². The number of fused-ring (bicyclic) bond motifs is 1. The van der Waals surface area contributed by atoms with E-state index in [-0.39, 0.29) is 24.3 Å². The molecule has 0 saturated carbocycles. The summed E-state index contributed by atoms with van der Waals surface area (Å²) in [7, 11) is 0. The number of anilines is 1. The smallest absolute Gasteiger partial charge is 0.220 e. The molecule has 31 heavy (non-hydrogen) atoms. The van der Waals surface area contributed by atoms with Gasteiger partial charge in [0.05, 0.1) is 23.2 Å². The average molecular weight is 421 g/mol. The van der Waals surface area contributed by atoms with Crippen LogP contribution in [0.25, 0.3) is 11.1 Å². The molecule has 1 aromatic carbocycles. The summed E-state index contributed by atoms with van der Waals surface area (Å²) >= 11 is 0. The van der Waals surface area contributed by atoms with Crippen LogP contribution in [0.1, 0.15) is 41.8 Å². The highest BCUT2D eigenvalue weighted by Crippen LogP contribution is 2.38. The molecule has 2 atom stereocenters. The molecular formula is C23H24FN5O2. The van der Waals surface area contributed by atoms with E-state index in [1.807, 2.05) is 19.1 Å². The molecule has 4 rings (SSSR count). The Labute approximate surface area is 179 Å². The zero-order valence-electron chi connectivity index (χ0n) is 17.4. The predicted molar refractivity (Wildman–Crippen MR) is 116 cm³/mol. The second-order valence-electron chi connectivity index (χ2n) is 7.75. The molecule has 0 bridgehead atoms. The van der Waals surface area contributed by atoms with Crippen molar-refractivity contribution in [2.75, 3.05) is 12.3 Å². The molecule has 160 valence electrons. The van der Waals surface area contributed by atoms with E-state index in [0.29, 0.717) is 18.6 Å². The van der Waals surface area contributed by atoms with E-state index in [1.165, 1.54) is 12.1 Å². The van der Waals surface area contributed by atoms with Gasteiger partial charge in [-0.3, -0.25) is 4.98 Å². The van der Waals surface area contributed by atoms with Crippen molar-refractivity contribution in [2.45, 2.75) is 38.7 Å². The fraction of sp³-hybridized carbons (Fsp3) is 0.304. The largest absolute Gasteiger partial charge is 0.393 e. The summed E-state index contributed by atoms with van der Waals surface area (Å²) in [6.45, 7) is 3.57. The van der Waals surface area contributed by atoms with Gasteiger partial charge in [0.1, 0.15) is 12.4 Å². The zero-order valence-corrected chi connectivity index (χ0v) is 17.4. The molecule has 8 heteroatoms. The second kappa shape index (κ2) is 8.77. The lowest BCUT2D eigenvalue weighted by Gasteiger charge is -2.28. The average Bonchev–Trinajstić information content (AvgIpc) is 2.73. The van der Waals surface area contributed by atoms with Gasteiger partial charge in [0.15, 0.2) is 0 Å². The Morgan fingerprint density at radius 1 is 1.29 bits per heavy atom. The van der Waals surface area contributed by atoms with Gasteiger partial charge in [0, 0.05) is 29.9 Å². The maximum atomic E-state index is 14.1. The lowest BCUT2D eigenvalue weighted by molar-refractivity contribution is 0.0497. The molecule has 0 radical (unpaired) electrons. The quantitative estimate of drug-likeness (QED) is 0.612. The third kappa shape index (κ3) is 4.54. The van der Waals surface area contributed by atoms with E-state index in [2.05, 4.69) is 20.1 Å². The SMILES string of the molecule is Cc1nc(N)nc2c1C(=NOCC(C)O)C[C@H](c1ccc(F)cc1-c1cccnc1)C2. The van der Waals surface area contributed by atoms with Crippen molar-refractivity contribution < 1.29 is 14.3 Å². The fourth-order valence-corrected chi connectivity index (χ4v) is 4.00. The number of hydrogen-bond donors (Lipinski definition) is 2.